The van der Waals surface area contributed by atoms with Crippen LogP contribution < -0.4 is 0 Å². The van der Waals surface area contributed by atoms with Gasteiger partial charge < -0.3 is 10.0 Å². The highest BCUT2D eigenvalue weighted by molar-refractivity contribution is 5.96. The maximum atomic E-state index is 12.6. The summed E-state index contributed by atoms with van der Waals surface area (Å²) in [5, 5.41) is 9.73. The van der Waals surface area contributed by atoms with E-state index < -0.39 is 0 Å². The molecule has 1 aliphatic heterocycles. The molecule has 3 nitrogen and oxygen atoms in total. The van der Waals surface area contributed by atoms with Crippen molar-refractivity contribution >= 4 is 5.91 Å². The van der Waals surface area contributed by atoms with Gasteiger partial charge in [-0.05, 0) is 36.6 Å². The van der Waals surface area contributed by atoms with Crippen molar-refractivity contribution in [3.8, 4) is 5.75 Å². The number of carbonyl (C=O) groups is 1. The van der Waals surface area contributed by atoms with Crippen molar-refractivity contribution in [2.45, 2.75) is 19.9 Å². The van der Waals surface area contributed by atoms with E-state index in [9.17, 15) is 9.90 Å². The van der Waals surface area contributed by atoms with Crippen LogP contribution >= 0.6 is 0 Å². The van der Waals surface area contributed by atoms with Crippen LogP contribution in [0.15, 0.2) is 42.5 Å². The number of hydrogen-bond donors (Lipinski definition) is 1. The molecule has 3 rings (SSSR count). The van der Waals surface area contributed by atoms with E-state index in [2.05, 4.69) is 12.1 Å². The molecular formula is C17H17NO2. The van der Waals surface area contributed by atoms with Crippen molar-refractivity contribution in [3.63, 3.8) is 0 Å². The molecule has 0 spiro atoms. The van der Waals surface area contributed by atoms with Crippen molar-refractivity contribution in [3.05, 3.63) is 64.7 Å². The Labute approximate surface area is 118 Å². The van der Waals surface area contributed by atoms with Crippen LogP contribution in [0.1, 0.15) is 27.0 Å². The van der Waals surface area contributed by atoms with Crippen molar-refractivity contribution in [1.29, 1.82) is 0 Å². The van der Waals surface area contributed by atoms with E-state index in [-0.39, 0.29) is 11.7 Å². The highest BCUT2D eigenvalue weighted by Crippen LogP contribution is 2.24. The number of hydrogen-bond acceptors (Lipinski definition) is 2. The largest absolute Gasteiger partial charge is 0.508 e. The number of rotatable bonds is 1. The quantitative estimate of drug-likeness (QED) is 0.863. The fourth-order valence-corrected chi connectivity index (χ4v) is 2.69. The molecule has 0 saturated carbocycles. The predicted octanol–water partition coefficient (Wildman–Crippen LogP) is 2.90. The minimum absolute atomic E-state index is 0.00657. The smallest absolute Gasteiger partial charge is 0.254 e. The van der Waals surface area contributed by atoms with Crippen LogP contribution in [0.2, 0.25) is 0 Å². The van der Waals surface area contributed by atoms with Gasteiger partial charge in [-0.25, -0.2) is 0 Å². The van der Waals surface area contributed by atoms with Crippen molar-refractivity contribution in [2.75, 3.05) is 6.54 Å². The van der Waals surface area contributed by atoms with Crippen LogP contribution in [-0.4, -0.2) is 22.5 Å². The molecule has 1 heterocycles. The molecule has 1 amide bonds. The zero-order valence-electron chi connectivity index (χ0n) is 11.5. The Morgan fingerprint density at radius 3 is 2.65 bits per heavy atom. The zero-order chi connectivity index (χ0) is 14.1. The van der Waals surface area contributed by atoms with Gasteiger partial charge in [-0.15, -0.1) is 0 Å². The molecule has 3 heteroatoms. The maximum Gasteiger partial charge on any atom is 0.254 e. The van der Waals surface area contributed by atoms with Crippen molar-refractivity contribution in [2.24, 2.45) is 0 Å². The Morgan fingerprint density at radius 2 is 1.85 bits per heavy atom. The zero-order valence-corrected chi connectivity index (χ0v) is 11.5. The number of amides is 1. The molecule has 102 valence electrons. The standard InChI is InChI=1S/C17H17NO2/c1-12-15(7-4-8-16(12)19)17(20)18-10-9-13-5-2-3-6-14(13)11-18/h2-8,19H,9-11H2,1H3. The van der Waals surface area contributed by atoms with Gasteiger partial charge in [0.25, 0.3) is 5.91 Å². The second kappa shape index (κ2) is 5.00. The number of benzene rings is 2. The molecule has 0 saturated heterocycles. The normalized spacial score (nSPS) is 13.9. The van der Waals surface area contributed by atoms with Crippen LogP contribution in [0.3, 0.4) is 0 Å². The van der Waals surface area contributed by atoms with Gasteiger partial charge in [0.1, 0.15) is 5.75 Å². The topological polar surface area (TPSA) is 40.5 Å². The van der Waals surface area contributed by atoms with Crippen LogP contribution in [0.25, 0.3) is 0 Å². The Balaban J connectivity index is 1.88. The molecule has 0 unspecified atom stereocenters. The summed E-state index contributed by atoms with van der Waals surface area (Å²) in [5.74, 6) is 0.168. The predicted molar refractivity (Wildman–Crippen MR) is 77.7 cm³/mol. The second-order valence-corrected chi connectivity index (χ2v) is 5.20. The Kier molecular flexibility index (Phi) is 3.18. The fourth-order valence-electron chi connectivity index (χ4n) is 2.69. The number of phenols is 1. The summed E-state index contributed by atoms with van der Waals surface area (Å²) < 4.78 is 0. The minimum atomic E-state index is -0.00657. The Morgan fingerprint density at radius 1 is 1.10 bits per heavy atom. The average Bonchev–Trinajstić information content (AvgIpc) is 2.49. The minimum Gasteiger partial charge on any atom is -0.508 e. The van der Waals surface area contributed by atoms with E-state index in [1.165, 1.54) is 11.1 Å². The SMILES string of the molecule is Cc1c(O)cccc1C(=O)N1CCc2ccccc2C1. The maximum absolute atomic E-state index is 12.6. The third-order valence-corrected chi connectivity index (χ3v) is 3.95. The summed E-state index contributed by atoms with van der Waals surface area (Å²) in [6.07, 6.45) is 0.889. The molecular weight excluding hydrogens is 250 g/mol. The summed E-state index contributed by atoms with van der Waals surface area (Å²) >= 11 is 0. The highest BCUT2D eigenvalue weighted by Gasteiger charge is 2.23. The molecule has 0 bridgehead atoms. The third kappa shape index (κ3) is 2.16. The van der Waals surface area contributed by atoms with Crippen LogP contribution in [0.5, 0.6) is 5.75 Å². The van der Waals surface area contributed by atoms with Gasteiger partial charge in [0, 0.05) is 24.2 Å². The lowest BCUT2D eigenvalue weighted by Crippen LogP contribution is -2.36. The Bertz CT molecular complexity index is 664. The Hall–Kier alpha value is -2.29. The lowest BCUT2D eigenvalue weighted by atomic mass is 9.98. The van der Waals surface area contributed by atoms with E-state index >= 15 is 0 Å². The first kappa shape index (κ1) is 12.7. The van der Waals surface area contributed by atoms with Gasteiger partial charge in [0.2, 0.25) is 0 Å². The first-order valence-electron chi connectivity index (χ1n) is 6.81. The van der Waals surface area contributed by atoms with Crippen LogP contribution in [0, 0.1) is 6.92 Å². The van der Waals surface area contributed by atoms with Crippen LogP contribution in [0.4, 0.5) is 0 Å². The van der Waals surface area contributed by atoms with Crippen molar-refractivity contribution in [1.82, 2.24) is 4.90 Å². The van der Waals surface area contributed by atoms with E-state index in [1.807, 2.05) is 17.0 Å². The van der Waals surface area contributed by atoms with Gasteiger partial charge >= 0.3 is 0 Å². The summed E-state index contributed by atoms with van der Waals surface area (Å²) in [5.41, 5.74) is 3.77. The molecule has 0 atom stereocenters. The summed E-state index contributed by atoms with van der Waals surface area (Å²) in [6.45, 7) is 3.15. The highest BCUT2D eigenvalue weighted by atomic mass is 16.3. The molecule has 0 fully saturated rings. The van der Waals surface area contributed by atoms with Gasteiger partial charge in [0.15, 0.2) is 0 Å². The van der Waals surface area contributed by atoms with Gasteiger partial charge in [-0.1, -0.05) is 30.3 Å². The number of phenolic OH excluding ortho intramolecular Hbond substituents is 1. The number of fused-ring (bicyclic) bond motifs is 1. The molecule has 20 heavy (non-hydrogen) atoms. The number of carbonyl (C=O) groups excluding carboxylic acids is 1. The molecule has 0 radical (unpaired) electrons. The molecule has 0 aliphatic carbocycles. The van der Waals surface area contributed by atoms with Gasteiger partial charge in [-0.3, -0.25) is 4.79 Å². The molecule has 0 aromatic heterocycles. The lowest BCUT2D eigenvalue weighted by molar-refractivity contribution is 0.0733. The first-order valence-corrected chi connectivity index (χ1v) is 6.81. The summed E-state index contributed by atoms with van der Waals surface area (Å²) in [7, 11) is 0. The summed E-state index contributed by atoms with van der Waals surface area (Å²) in [4.78, 5) is 14.4. The van der Waals surface area contributed by atoms with E-state index in [0.717, 1.165) is 13.0 Å². The monoisotopic (exact) mass is 267 g/mol. The van der Waals surface area contributed by atoms with E-state index in [0.29, 0.717) is 17.7 Å². The third-order valence-electron chi connectivity index (χ3n) is 3.95. The summed E-state index contributed by atoms with van der Waals surface area (Å²) in [6, 6.07) is 13.3. The molecule has 1 N–H and O–H groups in total. The molecule has 2 aromatic rings. The van der Waals surface area contributed by atoms with Crippen LogP contribution in [-0.2, 0) is 13.0 Å². The van der Waals surface area contributed by atoms with E-state index in [4.69, 9.17) is 0 Å². The average molecular weight is 267 g/mol. The van der Waals surface area contributed by atoms with Gasteiger partial charge in [0.05, 0.1) is 0 Å². The molecule has 2 aromatic carbocycles. The fraction of sp³-hybridized carbons (Fsp3) is 0.235. The van der Waals surface area contributed by atoms with Crippen molar-refractivity contribution < 1.29 is 9.90 Å². The molecule has 1 aliphatic rings. The second-order valence-electron chi connectivity index (χ2n) is 5.20. The number of nitrogens with zero attached hydrogens (tertiary/aromatic N) is 1. The first-order chi connectivity index (χ1) is 9.66. The van der Waals surface area contributed by atoms with Gasteiger partial charge in [-0.2, -0.15) is 0 Å². The lowest BCUT2D eigenvalue weighted by Gasteiger charge is -2.29. The number of aromatic hydroxyl groups is 1. The van der Waals surface area contributed by atoms with E-state index in [1.54, 1.807) is 25.1 Å².